The average Bonchev–Trinajstić information content (AvgIpc) is 3.28. The summed E-state index contributed by atoms with van der Waals surface area (Å²) in [5.74, 6) is -0.560. The number of amides is 1. The van der Waals surface area contributed by atoms with Crippen molar-refractivity contribution >= 4 is 17.2 Å². The molecule has 10 heteroatoms. The number of hydrogen-bond acceptors (Lipinski definition) is 5. The van der Waals surface area contributed by atoms with Crippen molar-refractivity contribution in [1.29, 1.82) is 0 Å². The Balaban J connectivity index is 2.08. The quantitative estimate of drug-likeness (QED) is 0.711. The lowest BCUT2D eigenvalue weighted by Gasteiger charge is -2.09. The van der Waals surface area contributed by atoms with E-state index >= 15 is 0 Å². The zero-order chi connectivity index (χ0) is 18.7. The van der Waals surface area contributed by atoms with E-state index in [0.717, 1.165) is 12.1 Å². The second kappa shape index (κ2) is 7.26. The largest absolute Gasteiger partial charge is 0.416 e. The number of alkyl halides is 3. The molecule has 0 aliphatic heterocycles. The topological polar surface area (TPSA) is 80.0 Å². The Morgan fingerprint density at radius 1 is 1.27 bits per heavy atom. The molecule has 0 aliphatic rings. The van der Waals surface area contributed by atoms with Gasteiger partial charge in [-0.1, -0.05) is 12.1 Å². The predicted molar refractivity (Wildman–Crippen MR) is 89.1 cm³/mol. The standard InChI is InChI=1S/C16H13F3N4O2S/c17-16(18,19)10-3-1-4-11(9-10)23-14(12-5-2-8-26-12)21-13(22-23)15(25)20-6-7-24/h1-5,8-9,24H,6-7H2,(H,20,25). The number of thiophene rings is 1. The molecule has 0 atom stereocenters. The summed E-state index contributed by atoms with van der Waals surface area (Å²) in [4.78, 5) is 16.9. The highest BCUT2D eigenvalue weighted by Crippen LogP contribution is 2.31. The van der Waals surface area contributed by atoms with Gasteiger partial charge in [-0.05, 0) is 29.6 Å². The number of aliphatic hydroxyl groups excluding tert-OH is 1. The Bertz CT molecular complexity index is 907. The van der Waals surface area contributed by atoms with Crippen molar-refractivity contribution in [2.24, 2.45) is 0 Å². The van der Waals surface area contributed by atoms with E-state index in [1.165, 1.54) is 28.2 Å². The van der Waals surface area contributed by atoms with E-state index in [-0.39, 0.29) is 30.5 Å². The number of benzene rings is 1. The number of carbonyl (C=O) groups is 1. The van der Waals surface area contributed by atoms with Crippen molar-refractivity contribution in [2.45, 2.75) is 6.18 Å². The molecule has 2 N–H and O–H groups in total. The normalized spacial score (nSPS) is 11.5. The lowest BCUT2D eigenvalue weighted by Crippen LogP contribution is -2.27. The minimum Gasteiger partial charge on any atom is -0.395 e. The molecular formula is C16H13F3N4O2S. The molecule has 6 nitrogen and oxygen atoms in total. The van der Waals surface area contributed by atoms with Crippen LogP contribution >= 0.6 is 11.3 Å². The Morgan fingerprint density at radius 2 is 2.08 bits per heavy atom. The minimum atomic E-state index is -4.50. The molecule has 0 saturated heterocycles. The van der Waals surface area contributed by atoms with Gasteiger partial charge in [-0.15, -0.1) is 16.4 Å². The number of aromatic nitrogens is 3. The van der Waals surface area contributed by atoms with Crippen LogP contribution in [-0.2, 0) is 6.18 Å². The molecule has 2 heterocycles. The summed E-state index contributed by atoms with van der Waals surface area (Å²) in [6.45, 7) is -0.233. The predicted octanol–water partition coefficient (Wildman–Crippen LogP) is 2.74. The van der Waals surface area contributed by atoms with Crippen molar-refractivity contribution in [1.82, 2.24) is 20.1 Å². The van der Waals surface area contributed by atoms with Crippen molar-refractivity contribution in [3.63, 3.8) is 0 Å². The number of rotatable bonds is 5. The number of aliphatic hydroxyl groups is 1. The fraction of sp³-hybridized carbons (Fsp3) is 0.188. The van der Waals surface area contributed by atoms with E-state index in [2.05, 4.69) is 15.4 Å². The third-order valence-electron chi connectivity index (χ3n) is 3.37. The first kappa shape index (κ1) is 18.1. The highest BCUT2D eigenvalue weighted by Gasteiger charge is 2.31. The fourth-order valence-corrected chi connectivity index (χ4v) is 2.91. The summed E-state index contributed by atoms with van der Waals surface area (Å²) < 4.78 is 40.2. The van der Waals surface area contributed by atoms with Gasteiger partial charge < -0.3 is 10.4 Å². The molecule has 0 unspecified atom stereocenters. The molecule has 1 amide bonds. The molecule has 0 spiro atoms. The minimum absolute atomic E-state index is 0.0191. The first-order valence-electron chi connectivity index (χ1n) is 7.48. The Morgan fingerprint density at radius 3 is 2.73 bits per heavy atom. The van der Waals surface area contributed by atoms with E-state index in [1.54, 1.807) is 17.5 Å². The second-order valence-electron chi connectivity index (χ2n) is 5.18. The van der Waals surface area contributed by atoms with Gasteiger partial charge in [-0.3, -0.25) is 4.79 Å². The smallest absolute Gasteiger partial charge is 0.395 e. The van der Waals surface area contributed by atoms with Crippen LogP contribution in [0.3, 0.4) is 0 Å². The molecule has 0 aliphatic carbocycles. The fourth-order valence-electron chi connectivity index (χ4n) is 2.22. The zero-order valence-electron chi connectivity index (χ0n) is 13.2. The summed E-state index contributed by atoms with van der Waals surface area (Å²) in [5.41, 5.74) is -0.689. The van der Waals surface area contributed by atoms with Crippen molar-refractivity contribution in [3.8, 4) is 16.4 Å². The maximum Gasteiger partial charge on any atom is 0.416 e. The number of nitrogens with one attached hydrogen (secondary N) is 1. The molecular weight excluding hydrogens is 369 g/mol. The summed E-state index contributed by atoms with van der Waals surface area (Å²) >= 11 is 1.32. The molecule has 0 fully saturated rings. The van der Waals surface area contributed by atoms with Crippen molar-refractivity contribution in [2.75, 3.05) is 13.2 Å². The average molecular weight is 382 g/mol. The maximum atomic E-state index is 13.0. The lowest BCUT2D eigenvalue weighted by atomic mass is 10.2. The van der Waals surface area contributed by atoms with E-state index in [4.69, 9.17) is 5.11 Å². The van der Waals surface area contributed by atoms with E-state index in [1.807, 2.05) is 0 Å². The van der Waals surface area contributed by atoms with Crippen molar-refractivity contribution < 1.29 is 23.1 Å². The van der Waals surface area contributed by atoms with Crippen LogP contribution in [-0.4, -0.2) is 38.9 Å². The SMILES string of the molecule is O=C(NCCO)c1nc(-c2cccs2)n(-c2cccc(C(F)(F)F)c2)n1. The van der Waals surface area contributed by atoms with Gasteiger partial charge in [0.15, 0.2) is 5.82 Å². The van der Waals surface area contributed by atoms with Gasteiger partial charge in [0.1, 0.15) is 0 Å². The molecule has 0 bridgehead atoms. The van der Waals surface area contributed by atoms with Gasteiger partial charge >= 0.3 is 6.18 Å². The summed E-state index contributed by atoms with van der Waals surface area (Å²) in [6.07, 6.45) is -4.50. The van der Waals surface area contributed by atoms with Gasteiger partial charge in [-0.2, -0.15) is 13.2 Å². The molecule has 26 heavy (non-hydrogen) atoms. The number of halogens is 3. The zero-order valence-corrected chi connectivity index (χ0v) is 14.0. The third kappa shape index (κ3) is 3.75. The monoisotopic (exact) mass is 382 g/mol. The highest BCUT2D eigenvalue weighted by molar-refractivity contribution is 7.13. The maximum absolute atomic E-state index is 13.0. The molecule has 2 aromatic heterocycles. The van der Waals surface area contributed by atoms with E-state index in [0.29, 0.717) is 4.88 Å². The molecule has 0 saturated carbocycles. The van der Waals surface area contributed by atoms with E-state index in [9.17, 15) is 18.0 Å². The van der Waals surface area contributed by atoms with Crippen LogP contribution in [0.1, 0.15) is 16.2 Å². The van der Waals surface area contributed by atoms with Crippen LogP contribution in [0, 0.1) is 0 Å². The van der Waals surface area contributed by atoms with E-state index < -0.39 is 17.6 Å². The van der Waals surface area contributed by atoms with Gasteiger partial charge in [0.05, 0.1) is 22.7 Å². The van der Waals surface area contributed by atoms with Crippen LogP contribution in [0.15, 0.2) is 41.8 Å². The number of hydrogen-bond donors (Lipinski definition) is 2. The Kier molecular flexibility index (Phi) is 5.05. The molecule has 136 valence electrons. The first-order chi connectivity index (χ1) is 12.4. The van der Waals surface area contributed by atoms with Gasteiger partial charge in [0.2, 0.25) is 5.82 Å². The third-order valence-corrected chi connectivity index (χ3v) is 4.23. The Labute approximate surface area is 149 Å². The molecule has 3 rings (SSSR count). The summed E-state index contributed by atoms with van der Waals surface area (Å²) in [5, 5.41) is 17.1. The second-order valence-corrected chi connectivity index (χ2v) is 6.12. The van der Waals surface area contributed by atoms with Gasteiger partial charge in [-0.25, -0.2) is 9.67 Å². The molecule has 1 aromatic carbocycles. The van der Waals surface area contributed by atoms with Crippen molar-refractivity contribution in [3.05, 3.63) is 53.2 Å². The molecule has 0 radical (unpaired) electrons. The first-order valence-corrected chi connectivity index (χ1v) is 8.36. The lowest BCUT2D eigenvalue weighted by molar-refractivity contribution is -0.137. The van der Waals surface area contributed by atoms with Crippen LogP contribution in [0.4, 0.5) is 13.2 Å². The van der Waals surface area contributed by atoms with Crippen LogP contribution in [0.5, 0.6) is 0 Å². The Hall–Kier alpha value is -2.72. The van der Waals surface area contributed by atoms with Crippen LogP contribution in [0.2, 0.25) is 0 Å². The number of carbonyl (C=O) groups excluding carboxylic acids is 1. The number of nitrogens with zero attached hydrogens (tertiary/aromatic N) is 3. The van der Waals surface area contributed by atoms with Gasteiger partial charge in [0.25, 0.3) is 5.91 Å². The highest BCUT2D eigenvalue weighted by atomic mass is 32.1. The summed E-state index contributed by atoms with van der Waals surface area (Å²) in [6, 6.07) is 8.12. The van der Waals surface area contributed by atoms with Gasteiger partial charge in [0, 0.05) is 6.54 Å². The van der Waals surface area contributed by atoms with Crippen LogP contribution < -0.4 is 5.32 Å². The van der Waals surface area contributed by atoms with Crippen LogP contribution in [0.25, 0.3) is 16.4 Å². The summed E-state index contributed by atoms with van der Waals surface area (Å²) in [7, 11) is 0. The molecule has 3 aromatic rings.